The number of morpholine rings is 1. The van der Waals surface area contributed by atoms with Crippen molar-refractivity contribution in [3.05, 3.63) is 5.82 Å². The van der Waals surface area contributed by atoms with E-state index in [2.05, 4.69) is 43.2 Å². The number of aromatic nitrogens is 2. The number of anilines is 1. The van der Waals surface area contributed by atoms with E-state index < -0.39 is 0 Å². The molecule has 0 saturated carbocycles. The lowest BCUT2D eigenvalue weighted by atomic mass is 10.3. The van der Waals surface area contributed by atoms with E-state index in [1.165, 1.54) is 18.0 Å². The summed E-state index contributed by atoms with van der Waals surface area (Å²) < 4.78 is 9.82. The second kappa shape index (κ2) is 13.6. The smallest absolute Gasteiger partial charge is 0.205 e. The average Bonchev–Trinajstić information content (AvgIpc) is 3.23. The number of halogens is 1. The van der Waals surface area contributed by atoms with Gasteiger partial charge in [-0.3, -0.25) is 9.89 Å². The predicted molar refractivity (Wildman–Crippen MR) is 131 cm³/mol. The fraction of sp³-hybridized carbons (Fsp3) is 0.842. The molecule has 1 aromatic rings. The van der Waals surface area contributed by atoms with Crippen LogP contribution in [-0.2, 0) is 11.2 Å². The molecular formula is C19H36IN7OS. The summed E-state index contributed by atoms with van der Waals surface area (Å²) in [6, 6.07) is 0. The second-order valence-corrected chi connectivity index (χ2v) is 7.95. The highest BCUT2D eigenvalue weighted by molar-refractivity contribution is 14.0. The second-order valence-electron chi connectivity index (χ2n) is 7.22. The van der Waals surface area contributed by atoms with Gasteiger partial charge in [0.25, 0.3) is 0 Å². The molecule has 3 rings (SSSR count). The lowest BCUT2D eigenvalue weighted by Gasteiger charge is -2.36. The molecule has 3 heterocycles. The number of aliphatic imine (C=N–C) groups is 1. The van der Waals surface area contributed by atoms with Gasteiger partial charge in [-0.25, -0.2) is 4.98 Å². The van der Waals surface area contributed by atoms with Gasteiger partial charge in [-0.2, -0.15) is 4.37 Å². The number of aryl methyl sites for hydroxylation is 1. The zero-order valence-electron chi connectivity index (χ0n) is 17.8. The Morgan fingerprint density at radius 3 is 2.52 bits per heavy atom. The molecule has 2 fully saturated rings. The molecule has 0 atom stereocenters. The highest BCUT2D eigenvalue weighted by Gasteiger charge is 2.22. The SMILES string of the molecule is CCNC(=NCCCCN1CCOCC1)N1CCN(c2nc(CC)ns2)CC1.I. The van der Waals surface area contributed by atoms with Crippen LogP contribution in [0.2, 0.25) is 0 Å². The van der Waals surface area contributed by atoms with E-state index in [0.717, 1.165) is 102 Å². The molecule has 29 heavy (non-hydrogen) atoms. The summed E-state index contributed by atoms with van der Waals surface area (Å²) in [4.78, 5) is 16.7. The molecule has 2 aliphatic heterocycles. The van der Waals surface area contributed by atoms with E-state index >= 15 is 0 Å². The van der Waals surface area contributed by atoms with Crippen molar-refractivity contribution in [2.75, 3.05) is 77.0 Å². The van der Waals surface area contributed by atoms with Gasteiger partial charge in [0.15, 0.2) is 5.96 Å². The van der Waals surface area contributed by atoms with Gasteiger partial charge in [-0.05, 0) is 26.3 Å². The third kappa shape index (κ3) is 7.80. The molecule has 10 heteroatoms. The Kier molecular flexibility index (Phi) is 11.5. The Morgan fingerprint density at radius 1 is 1.10 bits per heavy atom. The van der Waals surface area contributed by atoms with Crippen LogP contribution in [0, 0.1) is 0 Å². The molecule has 8 nitrogen and oxygen atoms in total. The van der Waals surface area contributed by atoms with Gasteiger partial charge in [0.05, 0.1) is 13.2 Å². The maximum atomic E-state index is 5.41. The van der Waals surface area contributed by atoms with Gasteiger partial charge >= 0.3 is 0 Å². The molecule has 0 aliphatic carbocycles. The molecule has 0 radical (unpaired) electrons. The summed E-state index contributed by atoms with van der Waals surface area (Å²) in [5.41, 5.74) is 0. The summed E-state index contributed by atoms with van der Waals surface area (Å²) in [5.74, 6) is 2.01. The van der Waals surface area contributed by atoms with Crippen molar-refractivity contribution >= 4 is 46.6 Å². The summed E-state index contributed by atoms with van der Waals surface area (Å²) in [7, 11) is 0. The number of nitrogens with zero attached hydrogens (tertiary/aromatic N) is 6. The van der Waals surface area contributed by atoms with Crippen LogP contribution in [0.15, 0.2) is 4.99 Å². The molecule has 1 N–H and O–H groups in total. The molecule has 0 unspecified atom stereocenters. The molecule has 0 amide bonds. The van der Waals surface area contributed by atoms with Crippen molar-refractivity contribution in [1.82, 2.24) is 24.5 Å². The highest BCUT2D eigenvalue weighted by atomic mass is 127. The van der Waals surface area contributed by atoms with Crippen LogP contribution in [0.25, 0.3) is 0 Å². The standard InChI is InChI=1S/C19H35N7OS.HI/c1-3-17-22-19(28-23-17)26-11-9-25(10-12-26)18(20-4-2)21-7-5-6-8-24-13-15-27-16-14-24;/h3-16H2,1-2H3,(H,20,21);1H. The highest BCUT2D eigenvalue weighted by Crippen LogP contribution is 2.19. The van der Waals surface area contributed by atoms with Crippen LogP contribution in [0.3, 0.4) is 0 Å². The maximum absolute atomic E-state index is 5.41. The van der Waals surface area contributed by atoms with Crippen molar-refractivity contribution in [2.24, 2.45) is 4.99 Å². The molecule has 2 aliphatic rings. The van der Waals surface area contributed by atoms with Gasteiger partial charge in [0, 0.05) is 70.3 Å². The van der Waals surface area contributed by atoms with E-state index in [9.17, 15) is 0 Å². The third-order valence-electron chi connectivity index (χ3n) is 5.21. The molecule has 0 aromatic carbocycles. The van der Waals surface area contributed by atoms with Gasteiger partial charge < -0.3 is 19.9 Å². The first-order chi connectivity index (χ1) is 13.8. The van der Waals surface area contributed by atoms with E-state index in [1.54, 1.807) is 0 Å². The fourth-order valence-corrected chi connectivity index (χ4v) is 4.31. The van der Waals surface area contributed by atoms with Crippen LogP contribution >= 0.6 is 35.5 Å². The van der Waals surface area contributed by atoms with Crippen molar-refractivity contribution < 1.29 is 4.74 Å². The minimum Gasteiger partial charge on any atom is -0.379 e. The number of ether oxygens (including phenoxy) is 1. The number of piperazine rings is 1. The number of hydrogen-bond donors (Lipinski definition) is 1. The largest absolute Gasteiger partial charge is 0.379 e. The molecule has 2 saturated heterocycles. The van der Waals surface area contributed by atoms with Crippen molar-refractivity contribution in [3.8, 4) is 0 Å². The van der Waals surface area contributed by atoms with Gasteiger partial charge in [-0.15, -0.1) is 24.0 Å². The minimum atomic E-state index is 0. The fourth-order valence-electron chi connectivity index (χ4n) is 3.51. The third-order valence-corrected chi connectivity index (χ3v) is 6.02. The van der Waals surface area contributed by atoms with Gasteiger partial charge in [0.1, 0.15) is 5.82 Å². The number of nitrogens with one attached hydrogen (secondary N) is 1. The lowest BCUT2D eigenvalue weighted by Crippen LogP contribution is -2.52. The molecule has 1 aromatic heterocycles. The molecule has 0 spiro atoms. The monoisotopic (exact) mass is 537 g/mol. The first kappa shape index (κ1) is 24.5. The van der Waals surface area contributed by atoms with Gasteiger partial charge in [-0.1, -0.05) is 6.92 Å². The summed E-state index contributed by atoms with van der Waals surface area (Å²) >= 11 is 1.52. The van der Waals surface area contributed by atoms with Crippen LogP contribution in [0.4, 0.5) is 5.13 Å². The Labute approximate surface area is 196 Å². The van der Waals surface area contributed by atoms with E-state index in [0.29, 0.717) is 0 Å². The first-order valence-corrected chi connectivity index (χ1v) is 11.5. The Morgan fingerprint density at radius 2 is 1.86 bits per heavy atom. The van der Waals surface area contributed by atoms with Crippen molar-refractivity contribution in [3.63, 3.8) is 0 Å². The summed E-state index contributed by atoms with van der Waals surface area (Å²) in [6.07, 6.45) is 3.24. The topological polar surface area (TPSA) is 69.1 Å². The number of unbranched alkanes of at least 4 members (excludes halogenated alkanes) is 1. The van der Waals surface area contributed by atoms with Gasteiger partial charge in [0.2, 0.25) is 5.13 Å². The zero-order chi connectivity index (χ0) is 19.6. The minimum absolute atomic E-state index is 0. The number of rotatable bonds is 8. The normalized spacial score (nSPS) is 18.6. The number of hydrogen-bond acceptors (Lipinski definition) is 7. The van der Waals surface area contributed by atoms with E-state index in [-0.39, 0.29) is 24.0 Å². The average molecular weight is 538 g/mol. The van der Waals surface area contributed by atoms with E-state index in [1.807, 2.05) is 0 Å². The van der Waals surface area contributed by atoms with Crippen molar-refractivity contribution in [2.45, 2.75) is 33.1 Å². The van der Waals surface area contributed by atoms with E-state index in [4.69, 9.17) is 9.73 Å². The van der Waals surface area contributed by atoms with Crippen LogP contribution in [0.1, 0.15) is 32.5 Å². The Hall–Kier alpha value is -0.720. The summed E-state index contributed by atoms with van der Waals surface area (Å²) in [6.45, 7) is 15.0. The Bertz CT molecular complexity index is 601. The molecular weight excluding hydrogens is 501 g/mol. The van der Waals surface area contributed by atoms with Crippen LogP contribution in [-0.4, -0.2) is 97.2 Å². The predicted octanol–water partition coefficient (Wildman–Crippen LogP) is 1.92. The first-order valence-electron chi connectivity index (χ1n) is 10.7. The quantitative estimate of drug-likeness (QED) is 0.235. The summed E-state index contributed by atoms with van der Waals surface area (Å²) in [5, 5.41) is 4.52. The van der Waals surface area contributed by atoms with Crippen LogP contribution < -0.4 is 10.2 Å². The Balaban J connectivity index is 0.00000300. The lowest BCUT2D eigenvalue weighted by molar-refractivity contribution is 0.0373. The molecule has 0 bridgehead atoms. The maximum Gasteiger partial charge on any atom is 0.205 e. The van der Waals surface area contributed by atoms with Crippen LogP contribution in [0.5, 0.6) is 0 Å². The number of guanidine groups is 1. The zero-order valence-corrected chi connectivity index (χ0v) is 21.0. The molecule has 166 valence electrons. The van der Waals surface area contributed by atoms with Crippen molar-refractivity contribution in [1.29, 1.82) is 0 Å².